The maximum atomic E-state index is 13.9. The molecule has 0 saturated heterocycles. The Morgan fingerprint density at radius 1 is 1.14 bits per heavy atom. The van der Waals surface area contributed by atoms with Crippen LogP contribution in [0.25, 0.3) is 0 Å². The van der Waals surface area contributed by atoms with Gasteiger partial charge >= 0.3 is 0 Å². The lowest BCUT2D eigenvalue weighted by molar-refractivity contribution is 0.300. The molecule has 0 aliphatic carbocycles. The molecular weight excluding hydrogens is 338 g/mol. The molecule has 0 aromatic heterocycles. The van der Waals surface area contributed by atoms with Crippen molar-refractivity contribution >= 4 is 40.6 Å². The number of nitrogens with two attached hydrogens (primary N) is 1. The third-order valence-corrected chi connectivity index (χ3v) is 3.48. The molecule has 0 saturated carbocycles. The molecule has 3 nitrogen and oxygen atoms in total. The second-order valence-corrected chi connectivity index (χ2v) is 5.46. The van der Waals surface area contributed by atoms with E-state index in [1.54, 1.807) is 0 Å². The smallest absolute Gasteiger partial charge is 0.157 e. The molecule has 0 fully saturated rings. The fourth-order valence-corrected chi connectivity index (χ4v) is 2.57. The second kappa shape index (κ2) is 6.52. The maximum absolute atomic E-state index is 13.9. The van der Waals surface area contributed by atoms with E-state index in [-0.39, 0.29) is 28.2 Å². The zero-order chi connectivity index (χ0) is 15.6. The molecule has 0 atom stereocenters. The van der Waals surface area contributed by atoms with E-state index < -0.39 is 5.82 Å². The Kier molecular flexibility index (Phi) is 4.93. The minimum Gasteiger partial charge on any atom is -0.486 e. The number of hydrogen-bond donors (Lipinski definition) is 2. The molecule has 21 heavy (non-hydrogen) atoms. The van der Waals surface area contributed by atoms with Crippen molar-refractivity contribution in [1.29, 1.82) is 5.41 Å². The van der Waals surface area contributed by atoms with Gasteiger partial charge in [-0.05, 0) is 18.2 Å². The van der Waals surface area contributed by atoms with Gasteiger partial charge in [0.1, 0.15) is 18.3 Å². The van der Waals surface area contributed by atoms with Gasteiger partial charge in [0.2, 0.25) is 0 Å². The van der Waals surface area contributed by atoms with Crippen LogP contribution in [0.15, 0.2) is 30.3 Å². The SMILES string of the molecule is N=C(N)c1ccc(COc2c(Cl)cc(Cl)cc2Cl)c(F)c1. The Morgan fingerprint density at radius 2 is 1.76 bits per heavy atom. The van der Waals surface area contributed by atoms with Crippen molar-refractivity contribution in [2.45, 2.75) is 6.61 Å². The number of amidine groups is 1. The Morgan fingerprint density at radius 3 is 2.29 bits per heavy atom. The molecule has 3 N–H and O–H groups in total. The van der Waals surface area contributed by atoms with Gasteiger partial charge in [-0.15, -0.1) is 0 Å². The van der Waals surface area contributed by atoms with Crippen LogP contribution in [0.1, 0.15) is 11.1 Å². The zero-order valence-corrected chi connectivity index (χ0v) is 12.9. The number of hydrogen-bond acceptors (Lipinski definition) is 2. The number of rotatable bonds is 4. The summed E-state index contributed by atoms with van der Waals surface area (Å²) in [5.74, 6) is -0.494. The number of ether oxygens (including phenoxy) is 1. The summed E-state index contributed by atoms with van der Waals surface area (Å²) < 4.78 is 19.3. The van der Waals surface area contributed by atoms with Gasteiger partial charge in [-0.2, -0.15) is 0 Å². The van der Waals surface area contributed by atoms with Crippen molar-refractivity contribution in [3.63, 3.8) is 0 Å². The Hall–Kier alpha value is -1.49. The largest absolute Gasteiger partial charge is 0.486 e. The van der Waals surface area contributed by atoms with Crippen molar-refractivity contribution in [2.75, 3.05) is 0 Å². The average Bonchev–Trinajstić information content (AvgIpc) is 2.38. The first-order valence-corrected chi connectivity index (χ1v) is 6.92. The summed E-state index contributed by atoms with van der Waals surface area (Å²) >= 11 is 17.7. The van der Waals surface area contributed by atoms with Gasteiger partial charge < -0.3 is 10.5 Å². The quantitative estimate of drug-likeness (QED) is 0.625. The monoisotopic (exact) mass is 346 g/mol. The van der Waals surface area contributed by atoms with Gasteiger partial charge in [0.15, 0.2) is 5.75 Å². The third-order valence-electron chi connectivity index (χ3n) is 2.70. The molecule has 0 radical (unpaired) electrons. The van der Waals surface area contributed by atoms with E-state index in [9.17, 15) is 4.39 Å². The van der Waals surface area contributed by atoms with E-state index in [0.717, 1.165) is 0 Å². The summed E-state index contributed by atoms with van der Waals surface area (Å²) in [7, 11) is 0. The van der Waals surface area contributed by atoms with Crippen molar-refractivity contribution in [3.8, 4) is 5.75 Å². The first-order valence-electron chi connectivity index (χ1n) is 5.78. The van der Waals surface area contributed by atoms with Crippen LogP contribution in [0.2, 0.25) is 15.1 Å². The summed E-state index contributed by atoms with van der Waals surface area (Å²) in [4.78, 5) is 0. The number of nitrogen functional groups attached to an aromatic ring is 1. The van der Waals surface area contributed by atoms with Crippen molar-refractivity contribution in [3.05, 3.63) is 62.3 Å². The molecule has 0 amide bonds. The van der Waals surface area contributed by atoms with E-state index in [2.05, 4.69) is 0 Å². The first kappa shape index (κ1) is 15.9. The Labute approximate surface area is 135 Å². The predicted octanol–water partition coefficient (Wildman–Crippen LogP) is 4.65. The zero-order valence-electron chi connectivity index (χ0n) is 10.6. The normalized spacial score (nSPS) is 10.5. The predicted molar refractivity (Wildman–Crippen MR) is 83.2 cm³/mol. The average molecular weight is 348 g/mol. The molecule has 0 aliphatic rings. The highest BCUT2D eigenvalue weighted by Crippen LogP contribution is 2.36. The molecule has 2 aromatic rings. The minimum atomic E-state index is -0.524. The molecule has 7 heteroatoms. The fraction of sp³-hybridized carbons (Fsp3) is 0.0714. The molecule has 0 bridgehead atoms. The second-order valence-electron chi connectivity index (χ2n) is 4.21. The molecular formula is C14H10Cl3FN2O. The number of nitrogens with one attached hydrogen (secondary N) is 1. The van der Waals surface area contributed by atoms with Crippen LogP contribution in [0, 0.1) is 11.2 Å². The van der Waals surface area contributed by atoms with E-state index in [1.807, 2.05) is 0 Å². The van der Waals surface area contributed by atoms with Crippen molar-refractivity contribution < 1.29 is 9.13 Å². The molecule has 0 aliphatic heterocycles. The van der Waals surface area contributed by atoms with Gasteiger partial charge in [-0.25, -0.2) is 4.39 Å². The maximum Gasteiger partial charge on any atom is 0.157 e. The lowest BCUT2D eigenvalue weighted by atomic mass is 10.1. The van der Waals surface area contributed by atoms with Crippen LogP contribution in [0.4, 0.5) is 4.39 Å². The summed E-state index contributed by atoms with van der Waals surface area (Å²) in [6.45, 7) is -0.0644. The molecule has 2 rings (SSSR count). The van der Waals surface area contributed by atoms with Crippen LogP contribution < -0.4 is 10.5 Å². The standard InChI is InChI=1S/C14H10Cl3FN2O/c15-9-4-10(16)13(11(17)5-9)21-6-8-2-1-7(14(19)20)3-12(8)18/h1-5H,6H2,(H3,19,20). The van der Waals surface area contributed by atoms with E-state index in [4.69, 9.17) is 50.7 Å². The van der Waals surface area contributed by atoms with Gasteiger partial charge in [0, 0.05) is 16.1 Å². The minimum absolute atomic E-state index is 0.0644. The van der Waals surface area contributed by atoms with Crippen LogP contribution in [0.5, 0.6) is 5.75 Å². The highest BCUT2D eigenvalue weighted by molar-refractivity contribution is 6.40. The van der Waals surface area contributed by atoms with E-state index >= 15 is 0 Å². The highest BCUT2D eigenvalue weighted by Gasteiger charge is 2.11. The lowest BCUT2D eigenvalue weighted by Crippen LogP contribution is -2.12. The Bertz CT molecular complexity index is 684. The Balaban J connectivity index is 2.19. The van der Waals surface area contributed by atoms with Gasteiger partial charge in [0.25, 0.3) is 0 Å². The van der Waals surface area contributed by atoms with Gasteiger partial charge in [0.05, 0.1) is 10.0 Å². The fourth-order valence-electron chi connectivity index (χ4n) is 1.65. The molecule has 0 unspecified atom stereocenters. The summed E-state index contributed by atoms with van der Waals surface area (Å²) in [5.41, 5.74) is 5.89. The van der Waals surface area contributed by atoms with Crippen LogP contribution >= 0.6 is 34.8 Å². The van der Waals surface area contributed by atoms with Crippen LogP contribution in [-0.4, -0.2) is 5.84 Å². The first-order chi connectivity index (χ1) is 9.88. The molecule has 0 heterocycles. The van der Waals surface area contributed by atoms with E-state index in [0.29, 0.717) is 16.1 Å². The summed E-state index contributed by atoms with van der Waals surface area (Å²) in [6, 6.07) is 7.17. The topological polar surface area (TPSA) is 59.1 Å². The summed E-state index contributed by atoms with van der Waals surface area (Å²) in [5, 5.41) is 8.12. The van der Waals surface area contributed by atoms with Crippen molar-refractivity contribution in [2.24, 2.45) is 5.73 Å². The molecule has 110 valence electrons. The molecule has 0 spiro atoms. The number of benzene rings is 2. The van der Waals surface area contributed by atoms with Crippen LogP contribution in [0.3, 0.4) is 0 Å². The lowest BCUT2D eigenvalue weighted by Gasteiger charge is -2.11. The van der Waals surface area contributed by atoms with E-state index in [1.165, 1.54) is 30.3 Å². The summed E-state index contributed by atoms with van der Waals surface area (Å²) in [6.07, 6.45) is 0. The van der Waals surface area contributed by atoms with Gasteiger partial charge in [-0.3, -0.25) is 5.41 Å². The van der Waals surface area contributed by atoms with Gasteiger partial charge in [-0.1, -0.05) is 46.9 Å². The third kappa shape index (κ3) is 3.79. The highest BCUT2D eigenvalue weighted by atomic mass is 35.5. The van der Waals surface area contributed by atoms with Crippen molar-refractivity contribution in [1.82, 2.24) is 0 Å². The number of halogens is 4. The van der Waals surface area contributed by atoms with Crippen LogP contribution in [-0.2, 0) is 6.61 Å². The molecule has 2 aromatic carbocycles.